The summed E-state index contributed by atoms with van der Waals surface area (Å²) in [6, 6.07) is 10.9. The molecule has 0 bridgehead atoms. The van der Waals surface area contributed by atoms with Crippen molar-refractivity contribution in [3.05, 3.63) is 53.6 Å². The van der Waals surface area contributed by atoms with E-state index < -0.39 is 17.8 Å². The van der Waals surface area contributed by atoms with E-state index in [1.54, 1.807) is 37.3 Å². The number of carbonyl (C=O) groups excluding carboxylic acids is 4. The molecule has 0 unspecified atom stereocenters. The van der Waals surface area contributed by atoms with Crippen molar-refractivity contribution in [2.75, 3.05) is 24.4 Å². The summed E-state index contributed by atoms with van der Waals surface area (Å²) in [5, 5.41) is 4.87. The van der Waals surface area contributed by atoms with E-state index in [4.69, 9.17) is 4.74 Å². The van der Waals surface area contributed by atoms with Crippen LogP contribution in [0.1, 0.15) is 15.9 Å². The van der Waals surface area contributed by atoms with Gasteiger partial charge in [-0.3, -0.25) is 14.4 Å². The summed E-state index contributed by atoms with van der Waals surface area (Å²) in [5.74, 6) is -2.01. The van der Waals surface area contributed by atoms with Crippen molar-refractivity contribution >= 4 is 35.4 Å². The Morgan fingerprint density at radius 1 is 1.00 bits per heavy atom. The van der Waals surface area contributed by atoms with Gasteiger partial charge in [0.2, 0.25) is 0 Å². The number of methoxy groups -OCH3 is 1. The van der Waals surface area contributed by atoms with Crippen molar-refractivity contribution in [1.29, 1.82) is 0 Å². The quantitative estimate of drug-likeness (QED) is 0.457. The molecule has 0 aliphatic carbocycles. The van der Waals surface area contributed by atoms with E-state index in [0.29, 0.717) is 23.3 Å². The Morgan fingerprint density at radius 3 is 2.30 bits per heavy atom. The summed E-state index contributed by atoms with van der Waals surface area (Å²) in [7, 11) is 1.22. The van der Waals surface area contributed by atoms with Gasteiger partial charge in [-0.15, -0.1) is 0 Å². The molecule has 2 amide bonds. The maximum absolute atomic E-state index is 12.2. The number of amides is 2. The summed E-state index contributed by atoms with van der Waals surface area (Å²) in [6.07, 6.45) is 0.627. The Morgan fingerprint density at radius 2 is 1.67 bits per heavy atom. The number of ether oxygens (including phenoxy) is 2. The van der Waals surface area contributed by atoms with Crippen LogP contribution < -0.4 is 15.4 Å². The molecule has 0 aliphatic rings. The third kappa shape index (κ3) is 5.15. The van der Waals surface area contributed by atoms with Gasteiger partial charge in [-0.2, -0.15) is 0 Å². The van der Waals surface area contributed by atoms with Gasteiger partial charge in [0.1, 0.15) is 12.4 Å². The van der Waals surface area contributed by atoms with Gasteiger partial charge in [0, 0.05) is 5.69 Å². The fourth-order valence-electron chi connectivity index (χ4n) is 2.23. The first kappa shape index (κ1) is 19.6. The Labute approximate surface area is 155 Å². The summed E-state index contributed by atoms with van der Waals surface area (Å²) in [5.41, 5.74) is 1.36. The lowest BCUT2D eigenvalue weighted by Gasteiger charge is -2.12. The molecule has 0 saturated carbocycles. The number of nitrogens with one attached hydrogen (secondary N) is 2. The second kappa shape index (κ2) is 9.14. The van der Waals surface area contributed by atoms with Crippen LogP contribution in [0.15, 0.2) is 42.5 Å². The molecule has 0 spiro atoms. The highest BCUT2D eigenvalue weighted by Gasteiger charge is 2.19. The first-order valence-electron chi connectivity index (χ1n) is 7.93. The number of rotatable bonds is 6. The van der Waals surface area contributed by atoms with Gasteiger partial charge >= 0.3 is 17.8 Å². The smallest absolute Gasteiger partial charge is 0.339 e. The monoisotopic (exact) mass is 370 g/mol. The van der Waals surface area contributed by atoms with Crippen LogP contribution in [0.4, 0.5) is 11.4 Å². The highest BCUT2D eigenvalue weighted by atomic mass is 16.5. The van der Waals surface area contributed by atoms with E-state index in [1.807, 2.05) is 0 Å². The van der Waals surface area contributed by atoms with Crippen LogP contribution in [-0.4, -0.2) is 37.8 Å². The molecule has 0 radical (unpaired) electrons. The van der Waals surface area contributed by atoms with Crippen molar-refractivity contribution in [1.82, 2.24) is 0 Å². The molecule has 8 nitrogen and oxygen atoms in total. The normalized spacial score (nSPS) is 9.85. The molecule has 0 aliphatic heterocycles. The number of hydrogen-bond acceptors (Lipinski definition) is 6. The van der Waals surface area contributed by atoms with Crippen LogP contribution in [-0.2, 0) is 19.1 Å². The van der Waals surface area contributed by atoms with E-state index >= 15 is 0 Å². The standard InChI is InChI=1S/C19H18N2O6/c1-12-11-13(27-10-9-22)7-8-15(12)20-17(23)18(24)21-16-6-4-3-5-14(16)19(25)26-2/h3-9,11H,10H2,1-2H3,(H,20,23)(H,21,24). The number of aldehydes is 1. The minimum absolute atomic E-state index is 0.0762. The van der Waals surface area contributed by atoms with Crippen LogP contribution in [0.25, 0.3) is 0 Å². The third-order valence-corrected chi connectivity index (χ3v) is 3.55. The Hall–Kier alpha value is -3.68. The Kier molecular flexibility index (Phi) is 6.65. The van der Waals surface area contributed by atoms with Gasteiger partial charge in [0.15, 0.2) is 6.29 Å². The van der Waals surface area contributed by atoms with E-state index in [0.717, 1.165) is 0 Å². The van der Waals surface area contributed by atoms with Crippen molar-refractivity contribution in [3.63, 3.8) is 0 Å². The van der Waals surface area contributed by atoms with Gasteiger partial charge in [0.25, 0.3) is 0 Å². The highest BCUT2D eigenvalue weighted by molar-refractivity contribution is 6.44. The van der Waals surface area contributed by atoms with Gasteiger partial charge in [-0.1, -0.05) is 12.1 Å². The SMILES string of the molecule is COC(=O)c1ccccc1NC(=O)C(=O)Nc1ccc(OCC=O)cc1C. The van der Waals surface area contributed by atoms with Gasteiger partial charge < -0.3 is 20.1 Å². The van der Waals surface area contributed by atoms with Crippen molar-refractivity contribution in [3.8, 4) is 5.75 Å². The highest BCUT2D eigenvalue weighted by Crippen LogP contribution is 2.21. The molecule has 0 saturated heterocycles. The predicted octanol–water partition coefficient (Wildman–Crippen LogP) is 1.94. The van der Waals surface area contributed by atoms with Gasteiger partial charge in [0.05, 0.1) is 18.4 Å². The first-order valence-corrected chi connectivity index (χ1v) is 7.93. The van der Waals surface area contributed by atoms with Crippen LogP contribution in [0.2, 0.25) is 0 Å². The molecule has 2 aromatic rings. The van der Waals surface area contributed by atoms with Crippen molar-refractivity contribution in [2.24, 2.45) is 0 Å². The van der Waals surface area contributed by atoms with Crippen molar-refractivity contribution in [2.45, 2.75) is 6.92 Å². The van der Waals surface area contributed by atoms with E-state index in [2.05, 4.69) is 15.4 Å². The lowest BCUT2D eigenvalue weighted by molar-refractivity contribution is -0.133. The van der Waals surface area contributed by atoms with E-state index in [-0.39, 0.29) is 17.9 Å². The summed E-state index contributed by atoms with van der Waals surface area (Å²) in [6.45, 7) is 1.64. The summed E-state index contributed by atoms with van der Waals surface area (Å²) in [4.78, 5) is 46.4. The third-order valence-electron chi connectivity index (χ3n) is 3.55. The first-order chi connectivity index (χ1) is 13.0. The number of carbonyl (C=O) groups is 4. The molecule has 2 rings (SSSR count). The number of anilines is 2. The minimum Gasteiger partial charge on any atom is -0.486 e. The van der Waals surface area contributed by atoms with E-state index in [9.17, 15) is 19.2 Å². The number of para-hydroxylation sites is 1. The average Bonchev–Trinajstić information content (AvgIpc) is 2.67. The lowest BCUT2D eigenvalue weighted by atomic mass is 10.1. The molecule has 140 valence electrons. The molecule has 0 heterocycles. The predicted molar refractivity (Wildman–Crippen MR) is 97.8 cm³/mol. The van der Waals surface area contributed by atoms with Crippen LogP contribution in [0.3, 0.4) is 0 Å². The summed E-state index contributed by atoms with van der Waals surface area (Å²) < 4.78 is 9.81. The lowest BCUT2D eigenvalue weighted by Crippen LogP contribution is -2.30. The topological polar surface area (TPSA) is 111 Å². The van der Waals surface area contributed by atoms with Crippen molar-refractivity contribution < 1.29 is 28.7 Å². The molecule has 27 heavy (non-hydrogen) atoms. The zero-order valence-corrected chi connectivity index (χ0v) is 14.8. The maximum atomic E-state index is 12.2. The largest absolute Gasteiger partial charge is 0.486 e. The zero-order chi connectivity index (χ0) is 19.8. The molecule has 2 aromatic carbocycles. The summed E-state index contributed by atoms with van der Waals surface area (Å²) >= 11 is 0. The number of esters is 1. The molecular formula is C19H18N2O6. The van der Waals surface area contributed by atoms with Gasteiger partial charge in [-0.05, 0) is 42.8 Å². The number of benzene rings is 2. The van der Waals surface area contributed by atoms with Crippen LogP contribution in [0.5, 0.6) is 5.75 Å². The van der Waals surface area contributed by atoms with Crippen LogP contribution in [0, 0.1) is 6.92 Å². The fraction of sp³-hybridized carbons (Fsp3) is 0.158. The molecule has 0 fully saturated rings. The molecule has 2 N–H and O–H groups in total. The zero-order valence-electron chi connectivity index (χ0n) is 14.8. The number of hydrogen-bond donors (Lipinski definition) is 2. The second-order valence-corrected chi connectivity index (χ2v) is 5.40. The minimum atomic E-state index is -0.938. The van der Waals surface area contributed by atoms with E-state index in [1.165, 1.54) is 19.2 Å². The molecule has 8 heteroatoms. The Bertz CT molecular complexity index is 878. The Balaban J connectivity index is 2.08. The second-order valence-electron chi connectivity index (χ2n) is 5.40. The number of aryl methyl sites for hydroxylation is 1. The van der Waals surface area contributed by atoms with Crippen LogP contribution >= 0.6 is 0 Å². The van der Waals surface area contributed by atoms with Gasteiger partial charge in [-0.25, -0.2) is 4.79 Å². The average molecular weight is 370 g/mol. The molecular weight excluding hydrogens is 352 g/mol. The molecule has 0 atom stereocenters. The maximum Gasteiger partial charge on any atom is 0.339 e. The molecule has 0 aromatic heterocycles. The fourth-order valence-corrected chi connectivity index (χ4v) is 2.23.